The molecule has 2 aliphatic rings. The number of piperidine rings is 1. The molecule has 1 N–H and O–H groups in total. The van der Waals surface area contributed by atoms with Gasteiger partial charge in [-0.25, -0.2) is 4.79 Å². The lowest BCUT2D eigenvalue weighted by atomic mass is 9.74. The highest BCUT2D eigenvalue weighted by atomic mass is 19.4. The predicted molar refractivity (Wildman–Crippen MR) is 144 cm³/mol. The van der Waals surface area contributed by atoms with Crippen molar-refractivity contribution in [1.29, 1.82) is 0 Å². The minimum atomic E-state index is -5.01. The van der Waals surface area contributed by atoms with Crippen LogP contribution in [0.4, 0.5) is 18.0 Å². The van der Waals surface area contributed by atoms with Crippen molar-refractivity contribution < 1.29 is 37.0 Å². The highest BCUT2D eigenvalue weighted by Crippen LogP contribution is 2.47. The second kappa shape index (κ2) is 11.4. The lowest BCUT2D eigenvalue weighted by Gasteiger charge is -2.49. The average Bonchev–Trinajstić information content (AvgIpc) is 2.98. The fourth-order valence-electron chi connectivity index (χ4n) is 5.86. The first-order valence-corrected chi connectivity index (χ1v) is 13.4. The van der Waals surface area contributed by atoms with Gasteiger partial charge in [-0.2, -0.15) is 13.2 Å². The van der Waals surface area contributed by atoms with E-state index in [0.717, 1.165) is 23.1 Å². The largest absolute Gasteiger partial charge is 0.489 e. The summed E-state index contributed by atoms with van der Waals surface area (Å²) >= 11 is 0. The first-order chi connectivity index (χ1) is 19.7. The molecule has 0 bridgehead atoms. The van der Waals surface area contributed by atoms with Crippen molar-refractivity contribution in [2.45, 2.75) is 42.7 Å². The number of methoxy groups -OCH3 is 1. The van der Waals surface area contributed by atoms with Crippen LogP contribution >= 0.6 is 0 Å². The number of halogens is 3. The van der Waals surface area contributed by atoms with Crippen LogP contribution in [0.1, 0.15) is 35.4 Å². The highest BCUT2D eigenvalue weighted by molar-refractivity contribution is 5.88. The Balaban J connectivity index is 1.40. The maximum atomic E-state index is 14.5. The van der Waals surface area contributed by atoms with Gasteiger partial charge in [0.05, 0.1) is 0 Å². The van der Waals surface area contributed by atoms with Crippen molar-refractivity contribution in [3.8, 4) is 5.75 Å². The number of hydrogen-bond donors (Lipinski definition) is 1. The molecule has 2 amide bonds. The van der Waals surface area contributed by atoms with E-state index in [-0.39, 0.29) is 44.0 Å². The van der Waals surface area contributed by atoms with Gasteiger partial charge in [-0.15, -0.1) is 0 Å². The van der Waals surface area contributed by atoms with E-state index in [1.807, 2.05) is 54.6 Å². The second-order valence-corrected chi connectivity index (χ2v) is 10.2. The Morgan fingerprint density at radius 3 is 2.22 bits per heavy atom. The van der Waals surface area contributed by atoms with E-state index in [1.54, 1.807) is 6.07 Å². The standard InChI is InChI=1S/C31H31F3N2O5/c1-39-30(31(32,33)34,23-12-6-3-7-13-23)27(37)36-18-16-29(17-19-36)25(20-35-28(38)41-29)24-14-8-9-15-26(24)40-21-22-10-4-2-5-11-22/h2-15,25H,16-21H2,1H3,(H,35,38)/t25-,30+/m0/s1. The Kier molecular flexibility index (Phi) is 7.95. The maximum absolute atomic E-state index is 14.5. The van der Waals surface area contributed by atoms with Crippen molar-refractivity contribution in [2.24, 2.45) is 0 Å². The molecule has 2 atom stereocenters. The van der Waals surface area contributed by atoms with Crippen molar-refractivity contribution >= 4 is 12.0 Å². The van der Waals surface area contributed by atoms with Crippen LogP contribution in [0.3, 0.4) is 0 Å². The molecule has 3 aromatic rings. The molecule has 2 aliphatic heterocycles. The van der Waals surface area contributed by atoms with Crippen LogP contribution in [0.2, 0.25) is 0 Å². The summed E-state index contributed by atoms with van der Waals surface area (Å²) in [6.07, 6.45) is -5.31. The fraction of sp³-hybridized carbons (Fsp3) is 0.355. The van der Waals surface area contributed by atoms with E-state index in [9.17, 15) is 22.8 Å². The number of ether oxygens (including phenoxy) is 3. The number of nitrogens with one attached hydrogen (secondary N) is 1. The number of alkyl carbamates (subject to hydrolysis) is 1. The first kappa shape index (κ1) is 28.5. The summed E-state index contributed by atoms with van der Waals surface area (Å²) < 4.78 is 60.6. The van der Waals surface area contributed by atoms with Crippen molar-refractivity contribution in [3.05, 3.63) is 102 Å². The van der Waals surface area contributed by atoms with Crippen LogP contribution in [0.15, 0.2) is 84.9 Å². The quantitative estimate of drug-likeness (QED) is 0.404. The number of rotatable bonds is 7. The number of benzene rings is 3. The summed E-state index contributed by atoms with van der Waals surface area (Å²) in [6.45, 7) is 0.490. The smallest absolute Gasteiger partial charge is 0.430 e. The van der Waals surface area contributed by atoms with Crippen LogP contribution in [-0.2, 0) is 26.5 Å². The number of para-hydroxylation sites is 1. The van der Waals surface area contributed by atoms with Crippen LogP contribution in [0.5, 0.6) is 5.75 Å². The van der Waals surface area contributed by atoms with Crippen LogP contribution in [0, 0.1) is 0 Å². The van der Waals surface area contributed by atoms with Gasteiger partial charge in [-0.05, 0) is 11.6 Å². The molecular weight excluding hydrogens is 537 g/mol. The Morgan fingerprint density at radius 1 is 0.976 bits per heavy atom. The van der Waals surface area contributed by atoms with E-state index in [1.165, 1.54) is 24.3 Å². The molecule has 5 rings (SSSR count). The summed E-state index contributed by atoms with van der Waals surface area (Å²) in [5.41, 5.74) is -2.68. The number of carbonyl (C=O) groups is 2. The van der Waals surface area contributed by atoms with Crippen LogP contribution in [-0.4, -0.2) is 55.4 Å². The lowest BCUT2D eigenvalue weighted by molar-refractivity contribution is -0.271. The van der Waals surface area contributed by atoms with Gasteiger partial charge in [-0.3, -0.25) is 4.79 Å². The highest BCUT2D eigenvalue weighted by Gasteiger charge is 2.64. The number of likely N-dealkylation sites (tertiary alicyclic amines) is 1. The molecular formula is C31H31F3N2O5. The molecule has 0 unspecified atom stereocenters. The van der Waals surface area contributed by atoms with Crippen LogP contribution in [0.25, 0.3) is 0 Å². The number of amides is 2. The molecule has 10 heteroatoms. The van der Waals surface area contributed by atoms with E-state index < -0.39 is 29.4 Å². The van der Waals surface area contributed by atoms with Gasteiger partial charge in [0.15, 0.2) is 0 Å². The minimum Gasteiger partial charge on any atom is -0.489 e. The lowest BCUT2D eigenvalue weighted by Crippen LogP contribution is -2.62. The van der Waals surface area contributed by atoms with Crippen molar-refractivity contribution in [1.82, 2.24) is 10.2 Å². The fourth-order valence-corrected chi connectivity index (χ4v) is 5.86. The van der Waals surface area contributed by atoms with Gasteiger partial charge in [0.25, 0.3) is 11.5 Å². The summed E-state index contributed by atoms with van der Waals surface area (Å²) in [5, 5.41) is 2.75. The molecule has 7 nitrogen and oxygen atoms in total. The Hall–Kier alpha value is -4.05. The Morgan fingerprint density at radius 2 is 1.59 bits per heavy atom. The third-order valence-electron chi connectivity index (χ3n) is 8.00. The molecule has 2 saturated heterocycles. The average molecular weight is 569 g/mol. The molecule has 2 fully saturated rings. The Bertz CT molecular complexity index is 1360. The van der Waals surface area contributed by atoms with Gasteiger partial charge in [0, 0.05) is 56.6 Å². The zero-order valence-electron chi connectivity index (χ0n) is 22.5. The van der Waals surface area contributed by atoms with Gasteiger partial charge in [0.2, 0.25) is 0 Å². The third kappa shape index (κ3) is 5.36. The molecule has 3 aromatic carbocycles. The maximum Gasteiger partial charge on any atom is 0.430 e. The van der Waals surface area contributed by atoms with Crippen molar-refractivity contribution in [3.63, 3.8) is 0 Å². The zero-order chi connectivity index (χ0) is 29.1. The molecule has 1 spiro atoms. The molecule has 2 heterocycles. The Labute approximate surface area is 236 Å². The van der Waals surface area contributed by atoms with Gasteiger partial charge < -0.3 is 24.4 Å². The second-order valence-electron chi connectivity index (χ2n) is 10.2. The third-order valence-corrected chi connectivity index (χ3v) is 8.00. The molecule has 216 valence electrons. The topological polar surface area (TPSA) is 77.1 Å². The molecule has 0 radical (unpaired) electrons. The van der Waals surface area contributed by atoms with E-state index in [0.29, 0.717) is 12.4 Å². The summed E-state index contributed by atoms with van der Waals surface area (Å²) in [7, 11) is 0.890. The molecule has 0 saturated carbocycles. The van der Waals surface area contributed by atoms with Crippen molar-refractivity contribution in [2.75, 3.05) is 26.7 Å². The number of carbonyl (C=O) groups excluding carboxylic acids is 2. The molecule has 0 aliphatic carbocycles. The first-order valence-electron chi connectivity index (χ1n) is 13.4. The van der Waals surface area contributed by atoms with E-state index >= 15 is 0 Å². The van der Waals surface area contributed by atoms with Gasteiger partial charge >= 0.3 is 12.3 Å². The minimum absolute atomic E-state index is 0.0519. The monoisotopic (exact) mass is 568 g/mol. The van der Waals surface area contributed by atoms with E-state index in [4.69, 9.17) is 14.2 Å². The predicted octanol–water partition coefficient (Wildman–Crippen LogP) is 5.55. The number of nitrogens with zero attached hydrogens (tertiary/aromatic N) is 1. The SMILES string of the molecule is CO[C@@](C(=O)N1CCC2(CC1)OC(=O)NC[C@H]2c1ccccc1OCc1ccccc1)(c1ccccc1)C(F)(F)F. The summed E-state index contributed by atoms with van der Waals surface area (Å²) in [6, 6.07) is 24.1. The zero-order valence-corrected chi connectivity index (χ0v) is 22.5. The molecule has 41 heavy (non-hydrogen) atoms. The normalized spacial score (nSPS) is 20.0. The number of alkyl halides is 3. The molecule has 0 aromatic heterocycles. The summed E-state index contributed by atoms with van der Waals surface area (Å²) in [4.78, 5) is 27.2. The van der Waals surface area contributed by atoms with Crippen LogP contribution < -0.4 is 10.1 Å². The van der Waals surface area contributed by atoms with Gasteiger partial charge in [-0.1, -0.05) is 78.9 Å². The van der Waals surface area contributed by atoms with Gasteiger partial charge in [0.1, 0.15) is 18.0 Å². The van der Waals surface area contributed by atoms with E-state index in [2.05, 4.69) is 5.32 Å². The summed E-state index contributed by atoms with van der Waals surface area (Å²) in [5.74, 6) is -0.927. The number of hydrogen-bond acceptors (Lipinski definition) is 5.